The molecule has 2 N–H and O–H groups in total. The first-order valence-corrected chi connectivity index (χ1v) is 6.58. The number of nitrogens with one attached hydrogen (secondary N) is 1. The fourth-order valence-corrected chi connectivity index (χ4v) is 2.99. The number of hydrogen-bond acceptors (Lipinski definition) is 2. The Hall–Kier alpha value is -0.570. The van der Waals surface area contributed by atoms with E-state index in [-0.39, 0.29) is 24.0 Å². The molecule has 2 aliphatic rings. The molecular formula is C13H23NO2. The summed E-state index contributed by atoms with van der Waals surface area (Å²) in [5, 5.41) is 12.7. The van der Waals surface area contributed by atoms with Crippen LogP contribution < -0.4 is 5.32 Å². The Balaban J connectivity index is 1.94. The largest absolute Gasteiger partial charge is 0.394 e. The van der Waals surface area contributed by atoms with E-state index in [1.165, 1.54) is 12.8 Å². The molecule has 3 heteroatoms. The van der Waals surface area contributed by atoms with E-state index < -0.39 is 0 Å². The Morgan fingerprint density at radius 2 is 2.12 bits per heavy atom. The van der Waals surface area contributed by atoms with Crippen LogP contribution in [0.2, 0.25) is 0 Å². The van der Waals surface area contributed by atoms with Gasteiger partial charge in [0, 0.05) is 5.92 Å². The van der Waals surface area contributed by atoms with Crippen LogP contribution in [0.4, 0.5) is 0 Å². The third kappa shape index (κ3) is 2.40. The molecular weight excluding hydrogens is 202 g/mol. The Kier molecular flexibility index (Phi) is 3.53. The van der Waals surface area contributed by atoms with Crippen molar-refractivity contribution >= 4 is 5.91 Å². The molecule has 3 nitrogen and oxygen atoms in total. The van der Waals surface area contributed by atoms with Crippen LogP contribution in [-0.4, -0.2) is 23.2 Å². The molecule has 0 aromatic carbocycles. The quantitative estimate of drug-likeness (QED) is 0.770. The highest BCUT2D eigenvalue weighted by Crippen LogP contribution is 2.33. The highest BCUT2D eigenvalue weighted by atomic mass is 16.3. The number of aliphatic hydroxyl groups excluding tert-OH is 1. The van der Waals surface area contributed by atoms with Gasteiger partial charge in [0.1, 0.15) is 0 Å². The highest BCUT2D eigenvalue weighted by molar-refractivity contribution is 5.80. The second-order valence-electron chi connectivity index (χ2n) is 5.76. The minimum absolute atomic E-state index is 0.0931. The lowest BCUT2D eigenvalue weighted by Gasteiger charge is -2.41. The van der Waals surface area contributed by atoms with Crippen molar-refractivity contribution in [3.8, 4) is 0 Å². The third-order valence-corrected chi connectivity index (χ3v) is 4.26. The Labute approximate surface area is 97.6 Å². The molecule has 2 aliphatic carbocycles. The van der Waals surface area contributed by atoms with Gasteiger partial charge in [-0.2, -0.15) is 0 Å². The molecule has 0 aromatic heterocycles. The number of hydrogen-bond donors (Lipinski definition) is 2. The van der Waals surface area contributed by atoms with Gasteiger partial charge in [0.15, 0.2) is 0 Å². The minimum atomic E-state index is -0.315. The number of amides is 1. The Bertz CT molecular complexity index is 263. The summed E-state index contributed by atoms with van der Waals surface area (Å²) in [5.41, 5.74) is -0.315. The first kappa shape index (κ1) is 11.9. The van der Waals surface area contributed by atoms with Crippen molar-refractivity contribution in [1.29, 1.82) is 0 Å². The summed E-state index contributed by atoms with van der Waals surface area (Å²) in [6, 6.07) is 0. The summed E-state index contributed by atoms with van der Waals surface area (Å²) in [4.78, 5) is 11.9. The van der Waals surface area contributed by atoms with E-state index in [9.17, 15) is 9.90 Å². The van der Waals surface area contributed by atoms with Crippen LogP contribution >= 0.6 is 0 Å². The van der Waals surface area contributed by atoms with Crippen molar-refractivity contribution in [3.05, 3.63) is 0 Å². The van der Waals surface area contributed by atoms with Crippen molar-refractivity contribution in [1.82, 2.24) is 5.32 Å². The van der Waals surface area contributed by atoms with Crippen LogP contribution in [0.25, 0.3) is 0 Å². The average molecular weight is 225 g/mol. The van der Waals surface area contributed by atoms with Gasteiger partial charge in [-0.15, -0.1) is 0 Å². The zero-order valence-electron chi connectivity index (χ0n) is 10.2. The zero-order valence-corrected chi connectivity index (χ0v) is 10.2. The SMILES string of the molecule is CC1CCCC(CO)(NC(=O)C2CCC2)C1. The van der Waals surface area contributed by atoms with E-state index in [2.05, 4.69) is 12.2 Å². The van der Waals surface area contributed by atoms with Crippen LogP contribution in [0, 0.1) is 11.8 Å². The summed E-state index contributed by atoms with van der Waals surface area (Å²) in [5.74, 6) is 1.01. The average Bonchev–Trinajstić information content (AvgIpc) is 2.14. The molecule has 0 spiro atoms. The molecule has 2 saturated carbocycles. The van der Waals surface area contributed by atoms with E-state index in [4.69, 9.17) is 0 Å². The van der Waals surface area contributed by atoms with E-state index in [0.29, 0.717) is 5.92 Å². The predicted molar refractivity (Wildman–Crippen MR) is 62.9 cm³/mol. The first-order chi connectivity index (χ1) is 7.65. The number of rotatable bonds is 3. The molecule has 1 amide bonds. The van der Waals surface area contributed by atoms with Crippen molar-refractivity contribution in [2.45, 2.75) is 57.4 Å². The molecule has 2 unspecified atom stereocenters. The summed E-state index contributed by atoms with van der Waals surface area (Å²) in [6.45, 7) is 2.30. The summed E-state index contributed by atoms with van der Waals surface area (Å²) in [7, 11) is 0. The van der Waals surface area contributed by atoms with Crippen molar-refractivity contribution in [2.24, 2.45) is 11.8 Å². The molecule has 0 aromatic rings. The minimum Gasteiger partial charge on any atom is -0.394 e. The summed E-state index contributed by atoms with van der Waals surface area (Å²) < 4.78 is 0. The van der Waals surface area contributed by atoms with Gasteiger partial charge >= 0.3 is 0 Å². The highest BCUT2D eigenvalue weighted by Gasteiger charge is 2.38. The molecule has 2 atom stereocenters. The molecule has 0 radical (unpaired) electrons. The van der Waals surface area contributed by atoms with E-state index in [1.54, 1.807) is 0 Å². The van der Waals surface area contributed by atoms with Gasteiger partial charge in [-0.05, 0) is 31.6 Å². The normalized spacial score (nSPS) is 35.5. The number of carbonyl (C=O) groups excluding carboxylic acids is 1. The van der Waals surface area contributed by atoms with Gasteiger partial charge in [0.05, 0.1) is 12.1 Å². The lowest BCUT2D eigenvalue weighted by Crippen LogP contribution is -2.55. The van der Waals surface area contributed by atoms with Crippen LogP contribution in [-0.2, 0) is 4.79 Å². The molecule has 0 heterocycles. The molecule has 2 fully saturated rings. The fourth-order valence-electron chi connectivity index (χ4n) is 2.99. The molecule has 0 aliphatic heterocycles. The maximum absolute atomic E-state index is 11.9. The Morgan fingerprint density at radius 1 is 1.38 bits per heavy atom. The van der Waals surface area contributed by atoms with Crippen LogP contribution in [0.15, 0.2) is 0 Å². The monoisotopic (exact) mass is 225 g/mol. The second-order valence-corrected chi connectivity index (χ2v) is 5.76. The summed E-state index contributed by atoms with van der Waals surface area (Å²) in [6.07, 6.45) is 7.45. The fraction of sp³-hybridized carbons (Fsp3) is 0.923. The van der Waals surface area contributed by atoms with Crippen LogP contribution in [0.3, 0.4) is 0 Å². The predicted octanol–water partition coefficient (Wildman–Crippen LogP) is 1.84. The van der Waals surface area contributed by atoms with Crippen LogP contribution in [0.5, 0.6) is 0 Å². The molecule has 16 heavy (non-hydrogen) atoms. The van der Waals surface area contributed by atoms with E-state index in [1.807, 2.05) is 0 Å². The van der Waals surface area contributed by atoms with Crippen molar-refractivity contribution in [2.75, 3.05) is 6.61 Å². The van der Waals surface area contributed by atoms with Crippen molar-refractivity contribution < 1.29 is 9.90 Å². The third-order valence-electron chi connectivity index (χ3n) is 4.26. The first-order valence-electron chi connectivity index (χ1n) is 6.58. The summed E-state index contributed by atoms with van der Waals surface area (Å²) >= 11 is 0. The van der Waals surface area contributed by atoms with E-state index >= 15 is 0 Å². The lowest BCUT2D eigenvalue weighted by molar-refractivity contribution is -0.130. The maximum atomic E-state index is 11.9. The topological polar surface area (TPSA) is 49.3 Å². The Morgan fingerprint density at radius 3 is 2.62 bits per heavy atom. The second kappa shape index (κ2) is 4.74. The maximum Gasteiger partial charge on any atom is 0.223 e. The molecule has 92 valence electrons. The van der Waals surface area contributed by atoms with Gasteiger partial charge in [-0.25, -0.2) is 0 Å². The van der Waals surface area contributed by atoms with Gasteiger partial charge in [0.2, 0.25) is 5.91 Å². The standard InChI is InChI=1S/C13H23NO2/c1-10-4-3-7-13(8-10,9-15)14-12(16)11-5-2-6-11/h10-11,15H,2-9H2,1H3,(H,14,16). The molecule has 0 saturated heterocycles. The van der Waals surface area contributed by atoms with Gasteiger partial charge < -0.3 is 10.4 Å². The smallest absolute Gasteiger partial charge is 0.223 e. The van der Waals surface area contributed by atoms with Gasteiger partial charge in [-0.3, -0.25) is 4.79 Å². The number of carbonyl (C=O) groups is 1. The zero-order chi connectivity index (χ0) is 11.6. The lowest BCUT2D eigenvalue weighted by atomic mass is 9.75. The van der Waals surface area contributed by atoms with Crippen LogP contribution in [0.1, 0.15) is 51.9 Å². The molecule has 0 bridgehead atoms. The van der Waals surface area contributed by atoms with Gasteiger partial charge in [-0.1, -0.05) is 26.2 Å². The number of aliphatic hydroxyl groups is 1. The molecule has 2 rings (SSSR count). The van der Waals surface area contributed by atoms with Gasteiger partial charge in [0.25, 0.3) is 0 Å². The van der Waals surface area contributed by atoms with Crippen molar-refractivity contribution in [3.63, 3.8) is 0 Å². The van der Waals surface area contributed by atoms with E-state index in [0.717, 1.165) is 32.1 Å².